The summed E-state index contributed by atoms with van der Waals surface area (Å²) in [4.78, 5) is 45.6. The summed E-state index contributed by atoms with van der Waals surface area (Å²) < 4.78 is 1.62. The average Bonchev–Trinajstić information content (AvgIpc) is 3.53. The van der Waals surface area contributed by atoms with E-state index >= 15 is 0 Å². The van der Waals surface area contributed by atoms with E-state index in [2.05, 4.69) is 25.0 Å². The monoisotopic (exact) mass is 456 g/mol. The van der Waals surface area contributed by atoms with E-state index in [-0.39, 0.29) is 11.8 Å². The molecule has 2 aliphatic heterocycles. The van der Waals surface area contributed by atoms with Gasteiger partial charge in [-0.1, -0.05) is 6.07 Å². The first-order chi connectivity index (χ1) is 16.7. The van der Waals surface area contributed by atoms with Crippen molar-refractivity contribution in [3.05, 3.63) is 66.6 Å². The highest BCUT2D eigenvalue weighted by atomic mass is 16.2. The van der Waals surface area contributed by atoms with Crippen LogP contribution >= 0.6 is 0 Å². The molecule has 0 saturated carbocycles. The molecule has 2 fully saturated rings. The van der Waals surface area contributed by atoms with Gasteiger partial charge in [0.2, 0.25) is 0 Å². The summed E-state index contributed by atoms with van der Waals surface area (Å²) in [6.45, 7) is 2.84. The zero-order chi connectivity index (χ0) is 23.1. The minimum Gasteiger partial charge on any atom is -0.343 e. The lowest BCUT2D eigenvalue weighted by Crippen LogP contribution is -2.55. The fraction of sp³-hybridized carbons (Fsp3) is 0.333. The van der Waals surface area contributed by atoms with Crippen LogP contribution < -0.4 is 0 Å². The van der Waals surface area contributed by atoms with Crippen LogP contribution in [0.4, 0.5) is 0 Å². The lowest BCUT2D eigenvalue weighted by molar-refractivity contribution is 0.0189. The van der Waals surface area contributed by atoms with Crippen LogP contribution in [0.3, 0.4) is 0 Å². The summed E-state index contributed by atoms with van der Waals surface area (Å²) in [5.41, 5.74) is 2.51. The minimum atomic E-state index is -0.0351. The van der Waals surface area contributed by atoms with Gasteiger partial charge in [0.25, 0.3) is 11.8 Å². The highest BCUT2D eigenvalue weighted by Crippen LogP contribution is 2.32. The van der Waals surface area contributed by atoms with Crippen LogP contribution in [0.1, 0.15) is 33.6 Å². The van der Waals surface area contributed by atoms with Crippen molar-refractivity contribution in [3.8, 4) is 5.82 Å². The number of carbonyl (C=O) groups is 2. The Morgan fingerprint density at radius 3 is 2.71 bits per heavy atom. The number of amides is 2. The van der Waals surface area contributed by atoms with Crippen molar-refractivity contribution in [2.45, 2.75) is 12.8 Å². The zero-order valence-electron chi connectivity index (χ0n) is 18.5. The molecular weight excluding hydrogens is 432 g/mol. The molecule has 4 aromatic rings. The quantitative estimate of drug-likeness (QED) is 0.504. The summed E-state index contributed by atoms with van der Waals surface area (Å²) >= 11 is 0. The number of likely N-dealkylation sites (tertiary alicyclic amines) is 2. The molecule has 2 aliphatic rings. The van der Waals surface area contributed by atoms with E-state index in [1.807, 2.05) is 28.0 Å². The molecule has 1 atom stereocenters. The number of pyridine rings is 2. The van der Waals surface area contributed by atoms with Gasteiger partial charge in [0.15, 0.2) is 5.82 Å². The molecule has 34 heavy (non-hydrogen) atoms. The number of imidazole rings is 1. The molecule has 6 heterocycles. The summed E-state index contributed by atoms with van der Waals surface area (Å²) in [5.74, 6) is 1.41. The molecule has 10 heteroatoms. The third kappa shape index (κ3) is 3.60. The molecule has 4 aromatic heterocycles. The zero-order valence-corrected chi connectivity index (χ0v) is 18.5. The molecule has 6 rings (SSSR count). The van der Waals surface area contributed by atoms with Crippen molar-refractivity contribution in [2.75, 3.05) is 26.2 Å². The highest BCUT2D eigenvalue weighted by Gasteiger charge is 2.39. The number of rotatable bonds is 4. The predicted octanol–water partition coefficient (Wildman–Crippen LogP) is 2.16. The number of fused-ring (bicyclic) bond motifs is 1. The molecular formula is C24H24N8O2. The van der Waals surface area contributed by atoms with Crippen LogP contribution in [-0.2, 0) is 0 Å². The number of nitrogens with one attached hydrogen (secondary N) is 1. The largest absolute Gasteiger partial charge is 0.343 e. The summed E-state index contributed by atoms with van der Waals surface area (Å²) in [6, 6.07) is 5.58. The van der Waals surface area contributed by atoms with Gasteiger partial charge in [-0.15, -0.1) is 0 Å². The number of piperidine rings is 1. The van der Waals surface area contributed by atoms with Gasteiger partial charge in [-0.3, -0.25) is 14.6 Å². The number of aromatic amines is 1. The van der Waals surface area contributed by atoms with Crippen LogP contribution in [0.25, 0.3) is 16.9 Å². The Bertz CT molecular complexity index is 1340. The van der Waals surface area contributed by atoms with Crippen LogP contribution in [0, 0.1) is 11.8 Å². The molecule has 0 radical (unpaired) electrons. The average molecular weight is 457 g/mol. The molecule has 1 N–H and O–H groups in total. The van der Waals surface area contributed by atoms with Gasteiger partial charge in [0.1, 0.15) is 5.52 Å². The van der Waals surface area contributed by atoms with Crippen LogP contribution in [-0.4, -0.2) is 77.5 Å². The number of hydrogen-bond acceptors (Lipinski definition) is 6. The van der Waals surface area contributed by atoms with Gasteiger partial charge in [-0.2, -0.15) is 5.10 Å². The van der Waals surface area contributed by atoms with Gasteiger partial charge >= 0.3 is 0 Å². The second-order valence-corrected chi connectivity index (χ2v) is 8.97. The van der Waals surface area contributed by atoms with E-state index in [0.717, 1.165) is 24.9 Å². The topological polar surface area (TPSA) is 113 Å². The molecule has 0 spiro atoms. The maximum atomic E-state index is 13.1. The van der Waals surface area contributed by atoms with Crippen molar-refractivity contribution in [1.82, 2.24) is 39.5 Å². The molecule has 2 saturated heterocycles. The fourth-order valence-electron chi connectivity index (χ4n) is 4.98. The Balaban J connectivity index is 1.09. The van der Waals surface area contributed by atoms with E-state index in [1.165, 1.54) is 0 Å². The van der Waals surface area contributed by atoms with E-state index in [0.29, 0.717) is 53.9 Å². The minimum absolute atomic E-state index is 0.00424. The maximum Gasteiger partial charge on any atom is 0.257 e. The van der Waals surface area contributed by atoms with E-state index in [1.54, 1.807) is 42.0 Å². The number of carbonyl (C=O) groups excluding carboxylic acids is 2. The molecule has 0 aromatic carbocycles. The number of nitrogens with zero attached hydrogens (tertiary/aromatic N) is 7. The first-order valence-electron chi connectivity index (χ1n) is 11.5. The molecule has 10 nitrogen and oxygen atoms in total. The second kappa shape index (κ2) is 8.36. The Morgan fingerprint density at radius 2 is 1.85 bits per heavy atom. The number of hydrogen-bond donors (Lipinski definition) is 1. The van der Waals surface area contributed by atoms with Crippen molar-refractivity contribution in [3.63, 3.8) is 0 Å². The molecule has 0 aliphatic carbocycles. The Kier molecular flexibility index (Phi) is 5.05. The molecule has 172 valence electrons. The summed E-state index contributed by atoms with van der Waals surface area (Å²) in [7, 11) is 0. The Hall–Kier alpha value is -4.08. The second-order valence-electron chi connectivity index (χ2n) is 8.97. The standard InChI is InChI=1S/C24H24N8O2/c33-23(17-8-29-32(14-17)21-5-1-2-6-26-21)30-7-3-4-16(11-30)18-12-31(13-18)24(34)19-9-25-10-20-22(19)28-15-27-20/h1-2,5-6,8-10,14-16,18H,3-4,7,11-13H2,(H,27,28). The fourth-order valence-corrected chi connectivity index (χ4v) is 4.98. The van der Waals surface area contributed by atoms with Crippen LogP contribution in [0.15, 0.2) is 55.5 Å². The smallest absolute Gasteiger partial charge is 0.257 e. The van der Waals surface area contributed by atoms with E-state index in [9.17, 15) is 9.59 Å². The predicted molar refractivity (Wildman–Crippen MR) is 123 cm³/mol. The maximum absolute atomic E-state index is 13.1. The lowest BCUT2D eigenvalue weighted by atomic mass is 9.80. The number of aromatic nitrogens is 6. The first-order valence-corrected chi connectivity index (χ1v) is 11.5. The Morgan fingerprint density at radius 1 is 0.971 bits per heavy atom. The third-order valence-electron chi connectivity index (χ3n) is 6.88. The lowest BCUT2D eigenvalue weighted by Gasteiger charge is -2.46. The van der Waals surface area contributed by atoms with Crippen molar-refractivity contribution in [1.29, 1.82) is 0 Å². The normalized spacial score (nSPS) is 18.8. The van der Waals surface area contributed by atoms with Gasteiger partial charge in [0, 0.05) is 44.8 Å². The van der Waals surface area contributed by atoms with Gasteiger partial charge < -0.3 is 14.8 Å². The summed E-state index contributed by atoms with van der Waals surface area (Å²) in [6.07, 6.45) is 11.9. The van der Waals surface area contributed by atoms with Gasteiger partial charge in [0.05, 0.1) is 35.4 Å². The first kappa shape index (κ1) is 20.5. The van der Waals surface area contributed by atoms with Crippen LogP contribution in [0.2, 0.25) is 0 Å². The van der Waals surface area contributed by atoms with Crippen molar-refractivity contribution >= 4 is 22.8 Å². The number of H-pyrrole nitrogens is 1. The molecule has 1 unspecified atom stereocenters. The molecule has 2 amide bonds. The van der Waals surface area contributed by atoms with Crippen molar-refractivity contribution in [2.24, 2.45) is 11.8 Å². The van der Waals surface area contributed by atoms with Gasteiger partial charge in [-0.25, -0.2) is 14.6 Å². The third-order valence-corrected chi connectivity index (χ3v) is 6.88. The Labute approximate surface area is 195 Å². The summed E-state index contributed by atoms with van der Waals surface area (Å²) in [5, 5.41) is 4.31. The highest BCUT2D eigenvalue weighted by molar-refractivity contribution is 6.04. The van der Waals surface area contributed by atoms with Gasteiger partial charge in [-0.05, 0) is 36.8 Å². The molecule has 0 bridgehead atoms. The van der Waals surface area contributed by atoms with E-state index in [4.69, 9.17) is 0 Å². The van der Waals surface area contributed by atoms with Crippen molar-refractivity contribution < 1.29 is 9.59 Å². The van der Waals surface area contributed by atoms with E-state index < -0.39 is 0 Å². The van der Waals surface area contributed by atoms with Crippen LogP contribution in [0.5, 0.6) is 0 Å². The SMILES string of the molecule is O=C(c1cnn(-c2ccccn2)c1)N1CCCC(C2CN(C(=O)c3cncc4[nH]cnc34)C2)C1.